The van der Waals surface area contributed by atoms with Crippen molar-refractivity contribution in [1.82, 2.24) is 5.32 Å². The number of amides is 1. The van der Waals surface area contributed by atoms with Gasteiger partial charge < -0.3 is 50.5 Å². The second kappa shape index (κ2) is 42.9. The molecule has 1 aliphatic rings. The molecule has 0 bridgehead atoms. The molecule has 0 aromatic carbocycles. The van der Waals surface area contributed by atoms with Crippen LogP contribution in [0.25, 0.3) is 0 Å². The van der Waals surface area contributed by atoms with Gasteiger partial charge in [0.2, 0.25) is 5.91 Å². The van der Waals surface area contributed by atoms with Crippen molar-refractivity contribution in [2.75, 3.05) is 13.2 Å². The van der Waals surface area contributed by atoms with Gasteiger partial charge in [-0.25, -0.2) is 0 Å². The van der Waals surface area contributed by atoms with Crippen molar-refractivity contribution in [1.29, 1.82) is 0 Å². The van der Waals surface area contributed by atoms with E-state index in [4.69, 9.17) is 9.47 Å². The van der Waals surface area contributed by atoms with Crippen LogP contribution in [0.3, 0.4) is 0 Å². The van der Waals surface area contributed by atoms with E-state index in [1.165, 1.54) is 141 Å². The Balaban J connectivity index is 2.36. The molecule has 1 fully saturated rings. The Morgan fingerprint density at radius 3 is 1.36 bits per heavy atom. The van der Waals surface area contributed by atoms with Gasteiger partial charge in [-0.1, -0.05) is 199 Å². The standard InChI is InChI=1S/C53H101NO10/c1-3-5-7-9-11-13-15-17-19-20-21-22-23-24-25-26-27-29-30-32-34-36-38-40-45(56)48(58)44(43-63-53-51(61)50(60)49(59)47(42-55)64-53)54-52(62)46(57)41-39-37-35-33-31-28-18-16-14-12-10-8-6-4-2/h14,16,32,34,44-51,53,55-61H,3-13,15,17-31,33,35-43H2,1-2H3,(H,54,62)/b16-14-,34-32+. The summed E-state index contributed by atoms with van der Waals surface area (Å²) in [5, 5.41) is 75.9. The van der Waals surface area contributed by atoms with Crippen molar-refractivity contribution in [2.45, 2.75) is 294 Å². The van der Waals surface area contributed by atoms with Crippen molar-refractivity contribution < 1.29 is 50.0 Å². The predicted molar refractivity (Wildman–Crippen MR) is 261 cm³/mol. The third kappa shape index (κ3) is 31.5. The van der Waals surface area contributed by atoms with Gasteiger partial charge in [-0.2, -0.15) is 0 Å². The molecule has 8 N–H and O–H groups in total. The highest BCUT2D eigenvalue weighted by Gasteiger charge is 2.44. The molecule has 1 rings (SSSR count). The molecule has 64 heavy (non-hydrogen) atoms. The molecule has 11 heteroatoms. The summed E-state index contributed by atoms with van der Waals surface area (Å²) in [4.78, 5) is 13.1. The van der Waals surface area contributed by atoms with Gasteiger partial charge in [0.1, 0.15) is 36.6 Å². The predicted octanol–water partition coefficient (Wildman–Crippen LogP) is 10.2. The van der Waals surface area contributed by atoms with Gasteiger partial charge in [-0.3, -0.25) is 4.79 Å². The number of aliphatic hydroxyl groups is 7. The third-order valence-corrected chi connectivity index (χ3v) is 13.0. The number of ether oxygens (including phenoxy) is 2. The zero-order chi connectivity index (χ0) is 46.9. The lowest BCUT2D eigenvalue weighted by Gasteiger charge is -2.40. The maximum atomic E-state index is 13.1. The first kappa shape index (κ1) is 60.6. The molecular formula is C53H101NO10. The fourth-order valence-electron chi connectivity index (χ4n) is 8.55. The smallest absolute Gasteiger partial charge is 0.249 e. The molecule has 0 spiro atoms. The van der Waals surface area contributed by atoms with Crippen LogP contribution in [0, 0.1) is 0 Å². The van der Waals surface area contributed by atoms with Crippen LogP contribution in [-0.4, -0.2) is 110 Å². The molecule has 0 aliphatic carbocycles. The zero-order valence-corrected chi connectivity index (χ0v) is 41.0. The van der Waals surface area contributed by atoms with Crippen LogP contribution in [0.1, 0.15) is 239 Å². The summed E-state index contributed by atoms with van der Waals surface area (Å²) >= 11 is 0. The van der Waals surface area contributed by atoms with Crippen LogP contribution in [0.5, 0.6) is 0 Å². The molecular weight excluding hydrogens is 811 g/mol. The second-order valence-corrected chi connectivity index (χ2v) is 18.9. The minimum absolute atomic E-state index is 0.247. The number of hydrogen-bond acceptors (Lipinski definition) is 10. The van der Waals surface area contributed by atoms with E-state index in [2.05, 4.69) is 43.5 Å². The molecule has 0 saturated carbocycles. The van der Waals surface area contributed by atoms with Crippen molar-refractivity contribution >= 4 is 5.91 Å². The van der Waals surface area contributed by atoms with Crippen LogP contribution in [0.15, 0.2) is 24.3 Å². The SMILES string of the molecule is CCCCCC/C=C\CCCCCCCCC(O)C(=O)NC(COC1OC(CO)C(O)C(O)C1O)C(O)C(O)CCC/C=C/CCCCCCCCCCCCCCCCCCCC. The van der Waals surface area contributed by atoms with Crippen LogP contribution >= 0.6 is 0 Å². The van der Waals surface area contributed by atoms with Gasteiger partial charge in [0, 0.05) is 0 Å². The van der Waals surface area contributed by atoms with Crippen LogP contribution < -0.4 is 5.32 Å². The van der Waals surface area contributed by atoms with Gasteiger partial charge >= 0.3 is 0 Å². The van der Waals surface area contributed by atoms with E-state index in [-0.39, 0.29) is 12.8 Å². The summed E-state index contributed by atoms with van der Waals surface area (Å²) < 4.78 is 11.1. The molecule has 9 unspecified atom stereocenters. The number of unbranched alkanes of at least 4 members (excludes halogenated alkanes) is 29. The van der Waals surface area contributed by atoms with Crippen molar-refractivity contribution in [3.8, 4) is 0 Å². The second-order valence-electron chi connectivity index (χ2n) is 18.9. The summed E-state index contributed by atoms with van der Waals surface area (Å²) in [6, 6.07) is -1.19. The molecule has 9 atom stereocenters. The zero-order valence-electron chi connectivity index (χ0n) is 41.0. The lowest BCUT2D eigenvalue weighted by molar-refractivity contribution is -0.303. The first-order chi connectivity index (χ1) is 31.2. The van der Waals surface area contributed by atoms with E-state index < -0.39 is 74.2 Å². The normalized spacial score (nSPS) is 21.2. The lowest BCUT2D eigenvalue weighted by Crippen LogP contribution is -2.60. The topological polar surface area (TPSA) is 189 Å². The quantitative estimate of drug-likeness (QED) is 0.0216. The number of carbonyl (C=O) groups excluding carboxylic acids is 1. The summed E-state index contributed by atoms with van der Waals surface area (Å²) in [5.74, 6) is -0.711. The van der Waals surface area contributed by atoms with Gasteiger partial charge in [-0.05, 0) is 64.2 Å². The van der Waals surface area contributed by atoms with Gasteiger partial charge in [0.05, 0.1) is 25.4 Å². The molecule has 1 saturated heterocycles. The fraction of sp³-hybridized carbons (Fsp3) is 0.906. The summed E-state index contributed by atoms with van der Waals surface area (Å²) in [5.41, 5.74) is 0. The van der Waals surface area contributed by atoms with Crippen LogP contribution in [0.2, 0.25) is 0 Å². The highest BCUT2D eigenvalue weighted by atomic mass is 16.7. The third-order valence-electron chi connectivity index (χ3n) is 13.0. The maximum Gasteiger partial charge on any atom is 0.249 e. The molecule has 1 aliphatic heterocycles. The Hall–Kier alpha value is -1.41. The van der Waals surface area contributed by atoms with E-state index in [1.54, 1.807) is 0 Å². The number of allylic oxidation sites excluding steroid dienone is 4. The molecule has 0 aromatic rings. The minimum atomic E-state index is -1.67. The van der Waals surface area contributed by atoms with E-state index in [9.17, 15) is 40.5 Å². The summed E-state index contributed by atoms with van der Waals surface area (Å²) in [7, 11) is 0. The van der Waals surface area contributed by atoms with Crippen molar-refractivity contribution in [3.63, 3.8) is 0 Å². The number of rotatable bonds is 45. The minimum Gasteiger partial charge on any atom is -0.394 e. The monoisotopic (exact) mass is 912 g/mol. The summed E-state index contributed by atoms with van der Waals surface area (Å²) in [6.07, 6.45) is 38.0. The summed E-state index contributed by atoms with van der Waals surface area (Å²) in [6.45, 7) is 3.43. The molecule has 11 nitrogen and oxygen atoms in total. The lowest BCUT2D eigenvalue weighted by atomic mass is 9.98. The Bertz CT molecular complexity index is 1090. The first-order valence-corrected chi connectivity index (χ1v) is 26.7. The Labute approximate surface area is 391 Å². The van der Waals surface area contributed by atoms with Crippen LogP contribution in [0.4, 0.5) is 0 Å². The van der Waals surface area contributed by atoms with Crippen LogP contribution in [-0.2, 0) is 14.3 Å². The Morgan fingerprint density at radius 1 is 0.531 bits per heavy atom. The Morgan fingerprint density at radius 2 is 0.922 bits per heavy atom. The fourth-order valence-corrected chi connectivity index (χ4v) is 8.55. The van der Waals surface area contributed by atoms with E-state index >= 15 is 0 Å². The Kier molecular flexibility index (Phi) is 40.6. The number of carbonyl (C=O) groups is 1. The number of nitrogens with one attached hydrogen (secondary N) is 1. The van der Waals surface area contributed by atoms with Crippen molar-refractivity contribution in [2.24, 2.45) is 0 Å². The molecule has 1 heterocycles. The molecule has 1 amide bonds. The average Bonchev–Trinajstić information content (AvgIpc) is 3.29. The van der Waals surface area contributed by atoms with Gasteiger partial charge in [0.15, 0.2) is 6.29 Å². The number of aliphatic hydroxyl groups excluding tert-OH is 7. The van der Waals surface area contributed by atoms with E-state index in [0.29, 0.717) is 12.8 Å². The van der Waals surface area contributed by atoms with Gasteiger partial charge in [0.25, 0.3) is 0 Å². The van der Waals surface area contributed by atoms with E-state index in [1.807, 2.05) is 0 Å². The van der Waals surface area contributed by atoms with Gasteiger partial charge in [-0.15, -0.1) is 0 Å². The average molecular weight is 912 g/mol. The molecule has 0 radical (unpaired) electrons. The van der Waals surface area contributed by atoms with E-state index in [0.717, 1.165) is 57.8 Å². The highest BCUT2D eigenvalue weighted by Crippen LogP contribution is 2.23. The first-order valence-electron chi connectivity index (χ1n) is 26.7. The highest BCUT2D eigenvalue weighted by molar-refractivity contribution is 5.80. The molecule has 0 aromatic heterocycles. The molecule has 378 valence electrons. The van der Waals surface area contributed by atoms with Crippen molar-refractivity contribution in [3.05, 3.63) is 24.3 Å². The largest absolute Gasteiger partial charge is 0.394 e. The number of hydrogen-bond donors (Lipinski definition) is 8. The maximum absolute atomic E-state index is 13.1.